The highest BCUT2D eigenvalue weighted by atomic mass is 14.7. The molecule has 0 fully saturated rings. The van der Waals surface area contributed by atoms with E-state index in [2.05, 4.69) is 38.4 Å². The fraction of sp³-hybridized carbons (Fsp3) is 0.615. The third kappa shape index (κ3) is 6.64. The maximum absolute atomic E-state index is 4.60. The smallest absolute Gasteiger partial charge is 0.0332 e. The summed E-state index contributed by atoms with van der Waals surface area (Å²) in [5.41, 5.74) is 2.47. The molecule has 0 aliphatic carbocycles. The van der Waals surface area contributed by atoms with Crippen molar-refractivity contribution in [2.24, 2.45) is 4.99 Å². The number of hydrogen-bond acceptors (Lipinski definition) is 1. The van der Waals surface area contributed by atoms with Crippen LogP contribution >= 0.6 is 0 Å². The Hall–Kier alpha value is -0.850. The topological polar surface area (TPSA) is 12.4 Å². The number of hydrogen-bond donors (Lipinski definition) is 0. The Morgan fingerprint density at radius 2 is 2.07 bits per heavy atom. The average Bonchev–Trinajstić information content (AvgIpc) is 2.17. The van der Waals surface area contributed by atoms with Crippen LogP contribution < -0.4 is 0 Å². The zero-order valence-electron chi connectivity index (χ0n) is 9.84. The molecule has 0 rings (SSSR count). The minimum atomic E-state index is 1.06. The van der Waals surface area contributed by atoms with Gasteiger partial charge in [0.15, 0.2) is 0 Å². The number of nitrogens with zero attached hydrogens (tertiary/aromatic N) is 1. The van der Waals surface area contributed by atoms with Crippen molar-refractivity contribution in [2.45, 2.75) is 52.9 Å². The highest BCUT2D eigenvalue weighted by Crippen LogP contribution is 2.06. The molecule has 0 bridgehead atoms. The summed E-state index contributed by atoms with van der Waals surface area (Å²) in [5.74, 6) is 0. The summed E-state index contributed by atoms with van der Waals surface area (Å²) in [7, 11) is 0. The van der Waals surface area contributed by atoms with E-state index in [0.29, 0.717) is 0 Å². The Bertz CT molecular complexity index is 211. The Balaban J connectivity index is 4.10. The highest BCUT2D eigenvalue weighted by molar-refractivity contribution is 5.85. The summed E-state index contributed by atoms with van der Waals surface area (Å²) in [5, 5.41) is 0. The molecule has 1 heteroatoms. The molecule has 0 unspecified atom stereocenters. The Labute approximate surface area is 88.6 Å². The number of allylic oxidation sites excluding steroid dienone is 3. The van der Waals surface area contributed by atoms with Crippen LogP contribution in [-0.4, -0.2) is 5.71 Å². The normalized spacial score (nSPS) is 13.1. The van der Waals surface area contributed by atoms with Gasteiger partial charge in [0.1, 0.15) is 0 Å². The zero-order valence-corrected chi connectivity index (χ0v) is 9.84. The molecule has 0 radical (unpaired) electrons. The van der Waals surface area contributed by atoms with Gasteiger partial charge in [0, 0.05) is 11.4 Å². The molecule has 0 atom stereocenters. The lowest BCUT2D eigenvalue weighted by Crippen LogP contribution is -1.96. The molecule has 0 aliphatic rings. The van der Waals surface area contributed by atoms with Crippen LogP contribution in [0.4, 0.5) is 0 Å². The predicted molar refractivity (Wildman–Crippen MR) is 65.8 cm³/mol. The summed E-state index contributed by atoms with van der Waals surface area (Å²) in [6.07, 6.45) is 9.65. The summed E-state index contributed by atoms with van der Waals surface area (Å²) in [6.45, 7) is 10.1. The van der Waals surface area contributed by atoms with Crippen LogP contribution in [0.5, 0.6) is 0 Å². The van der Waals surface area contributed by atoms with Crippen molar-refractivity contribution >= 4 is 5.71 Å². The third-order valence-electron chi connectivity index (χ3n) is 2.12. The van der Waals surface area contributed by atoms with Crippen LogP contribution in [0.1, 0.15) is 52.9 Å². The van der Waals surface area contributed by atoms with Crippen LogP contribution in [-0.2, 0) is 0 Å². The number of aliphatic imine (C=N–C) groups is 1. The quantitative estimate of drug-likeness (QED) is 0.320. The lowest BCUT2D eigenvalue weighted by Gasteiger charge is -2.02. The van der Waals surface area contributed by atoms with Crippen molar-refractivity contribution in [1.29, 1.82) is 0 Å². The van der Waals surface area contributed by atoms with E-state index >= 15 is 0 Å². The van der Waals surface area contributed by atoms with Crippen molar-refractivity contribution in [3.05, 3.63) is 24.4 Å². The van der Waals surface area contributed by atoms with E-state index < -0.39 is 0 Å². The van der Waals surface area contributed by atoms with Gasteiger partial charge in [-0.05, 0) is 39.0 Å². The van der Waals surface area contributed by atoms with Crippen molar-refractivity contribution < 1.29 is 0 Å². The molecule has 14 heavy (non-hydrogen) atoms. The molecule has 0 aromatic heterocycles. The van der Waals surface area contributed by atoms with Crippen LogP contribution in [0.2, 0.25) is 0 Å². The first-order chi connectivity index (χ1) is 6.74. The Kier molecular flexibility index (Phi) is 8.20. The van der Waals surface area contributed by atoms with E-state index in [0.717, 1.165) is 31.4 Å². The summed E-state index contributed by atoms with van der Waals surface area (Å²) >= 11 is 0. The van der Waals surface area contributed by atoms with Crippen LogP contribution in [0.25, 0.3) is 0 Å². The van der Waals surface area contributed by atoms with Gasteiger partial charge < -0.3 is 0 Å². The molecule has 0 spiro atoms. The van der Waals surface area contributed by atoms with E-state index in [1.165, 1.54) is 12.1 Å². The van der Waals surface area contributed by atoms with Crippen molar-refractivity contribution in [1.82, 2.24) is 0 Å². The van der Waals surface area contributed by atoms with Gasteiger partial charge in [-0.3, -0.25) is 4.99 Å². The van der Waals surface area contributed by atoms with Gasteiger partial charge in [-0.15, -0.1) is 6.58 Å². The number of unbranched alkanes of at least 4 members (excludes halogenated alkanes) is 1. The maximum atomic E-state index is 4.60. The van der Waals surface area contributed by atoms with Crippen molar-refractivity contribution in [3.63, 3.8) is 0 Å². The monoisotopic (exact) mass is 193 g/mol. The van der Waals surface area contributed by atoms with Crippen LogP contribution in [0, 0.1) is 0 Å². The van der Waals surface area contributed by atoms with Gasteiger partial charge in [0.2, 0.25) is 0 Å². The van der Waals surface area contributed by atoms with E-state index in [1.54, 1.807) is 0 Å². The highest BCUT2D eigenvalue weighted by Gasteiger charge is 1.95. The fourth-order valence-electron chi connectivity index (χ4n) is 1.35. The molecule has 0 saturated heterocycles. The summed E-state index contributed by atoms with van der Waals surface area (Å²) in [6, 6.07) is 0. The first-order valence-electron chi connectivity index (χ1n) is 5.58. The van der Waals surface area contributed by atoms with E-state index in [9.17, 15) is 0 Å². The molecule has 1 nitrogen and oxygen atoms in total. The molecule has 0 aromatic rings. The second-order valence-electron chi connectivity index (χ2n) is 3.47. The minimum absolute atomic E-state index is 1.06. The Morgan fingerprint density at radius 3 is 2.57 bits per heavy atom. The van der Waals surface area contributed by atoms with Gasteiger partial charge in [-0.2, -0.15) is 0 Å². The molecule has 0 saturated carbocycles. The van der Waals surface area contributed by atoms with E-state index in [1.807, 2.05) is 6.08 Å². The van der Waals surface area contributed by atoms with Crippen LogP contribution in [0.15, 0.2) is 29.4 Å². The molecular weight excluding hydrogens is 170 g/mol. The SMILES string of the molecule is C=CCCCC(CC)=N/C(C)=C\CC. The predicted octanol–water partition coefficient (Wildman–Crippen LogP) is 4.51. The number of rotatable bonds is 7. The largest absolute Gasteiger partial charge is 0.263 e. The van der Waals surface area contributed by atoms with Gasteiger partial charge >= 0.3 is 0 Å². The van der Waals surface area contributed by atoms with Gasteiger partial charge in [0.25, 0.3) is 0 Å². The first kappa shape index (κ1) is 13.2. The lowest BCUT2D eigenvalue weighted by atomic mass is 10.1. The molecule has 0 N–H and O–H groups in total. The minimum Gasteiger partial charge on any atom is -0.263 e. The Morgan fingerprint density at radius 1 is 1.36 bits per heavy atom. The second-order valence-corrected chi connectivity index (χ2v) is 3.47. The second kappa shape index (κ2) is 8.74. The summed E-state index contributed by atoms with van der Waals surface area (Å²) < 4.78 is 0. The molecule has 0 amide bonds. The van der Waals surface area contributed by atoms with Gasteiger partial charge in [-0.1, -0.05) is 26.0 Å². The standard InChI is InChI=1S/C13H23N/c1-5-8-9-11-13(7-3)14-12(4)10-6-2/h5,10H,1,6-9,11H2,2-4H3/b12-10-,14-13?. The fourth-order valence-corrected chi connectivity index (χ4v) is 1.35. The van der Waals surface area contributed by atoms with Crippen molar-refractivity contribution in [2.75, 3.05) is 0 Å². The summed E-state index contributed by atoms with van der Waals surface area (Å²) in [4.78, 5) is 4.60. The molecular formula is C13H23N. The van der Waals surface area contributed by atoms with E-state index in [-0.39, 0.29) is 0 Å². The van der Waals surface area contributed by atoms with Gasteiger partial charge in [0.05, 0.1) is 0 Å². The maximum Gasteiger partial charge on any atom is 0.0332 e. The zero-order chi connectivity index (χ0) is 10.8. The molecule has 80 valence electrons. The molecule has 0 aliphatic heterocycles. The van der Waals surface area contributed by atoms with E-state index in [4.69, 9.17) is 0 Å². The van der Waals surface area contributed by atoms with Gasteiger partial charge in [-0.25, -0.2) is 0 Å². The first-order valence-corrected chi connectivity index (χ1v) is 5.58. The van der Waals surface area contributed by atoms with Crippen molar-refractivity contribution in [3.8, 4) is 0 Å². The van der Waals surface area contributed by atoms with Crippen LogP contribution in [0.3, 0.4) is 0 Å². The lowest BCUT2D eigenvalue weighted by molar-refractivity contribution is 0.878. The average molecular weight is 193 g/mol. The molecule has 0 heterocycles. The molecule has 0 aromatic carbocycles. The third-order valence-corrected chi connectivity index (χ3v) is 2.12.